The molecule has 1 fully saturated rings. The average molecular weight is 312 g/mol. The monoisotopic (exact) mass is 311 g/mol. The average Bonchev–Trinajstić information content (AvgIpc) is 3.23. The van der Waals surface area contributed by atoms with E-state index < -0.39 is 0 Å². The fraction of sp³-hybridized carbons (Fsp3) is 0.533. The first-order chi connectivity index (χ1) is 10.0. The molecule has 0 heterocycles. The van der Waals surface area contributed by atoms with Gasteiger partial charge in [0.2, 0.25) is 5.91 Å². The summed E-state index contributed by atoms with van der Waals surface area (Å²) in [7, 11) is 1.90. The van der Waals surface area contributed by atoms with Crippen LogP contribution in [0, 0.1) is 5.92 Å². The van der Waals surface area contributed by atoms with Gasteiger partial charge in [-0.25, -0.2) is 0 Å². The second-order valence-electron chi connectivity index (χ2n) is 5.54. The van der Waals surface area contributed by atoms with E-state index in [9.17, 15) is 4.79 Å². The predicted molar refractivity (Wildman–Crippen MR) is 85.5 cm³/mol. The zero-order valence-corrected chi connectivity index (χ0v) is 13.0. The molecule has 1 aromatic rings. The van der Waals surface area contributed by atoms with E-state index in [0.29, 0.717) is 29.5 Å². The lowest BCUT2D eigenvalue weighted by molar-refractivity contribution is -0.117. The molecule has 0 saturated heterocycles. The van der Waals surface area contributed by atoms with Crippen molar-refractivity contribution < 1.29 is 9.53 Å². The number of rotatable bonds is 8. The summed E-state index contributed by atoms with van der Waals surface area (Å²) in [6, 6.07) is 5.05. The third-order valence-corrected chi connectivity index (χ3v) is 3.71. The Morgan fingerprint density at radius 2 is 2.29 bits per heavy atom. The number of nitrogens with one attached hydrogen (secondary N) is 1. The van der Waals surface area contributed by atoms with E-state index in [-0.39, 0.29) is 5.91 Å². The molecule has 0 aliphatic heterocycles. The number of amides is 1. The summed E-state index contributed by atoms with van der Waals surface area (Å²) in [5.74, 6) is 0.690. The third kappa shape index (κ3) is 5.91. The van der Waals surface area contributed by atoms with Gasteiger partial charge < -0.3 is 15.8 Å². The van der Waals surface area contributed by atoms with E-state index >= 15 is 0 Å². The summed E-state index contributed by atoms with van der Waals surface area (Å²) in [5, 5.41) is 3.28. The first kappa shape index (κ1) is 16.1. The summed E-state index contributed by atoms with van der Waals surface area (Å²) < 4.78 is 5.55. The van der Waals surface area contributed by atoms with Crippen LogP contribution in [0.1, 0.15) is 12.8 Å². The smallest absolute Gasteiger partial charge is 0.238 e. The number of carbonyl (C=O) groups is 1. The van der Waals surface area contributed by atoms with Crippen molar-refractivity contribution in [3.8, 4) is 0 Å². The van der Waals surface area contributed by atoms with Crippen LogP contribution in [0.4, 0.5) is 11.4 Å². The summed E-state index contributed by atoms with van der Waals surface area (Å²) in [6.07, 6.45) is 2.59. The van der Waals surface area contributed by atoms with Gasteiger partial charge in [-0.15, -0.1) is 0 Å². The quantitative estimate of drug-likeness (QED) is 0.570. The van der Waals surface area contributed by atoms with E-state index in [1.165, 1.54) is 12.8 Å². The van der Waals surface area contributed by atoms with Gasteiger partial charge in [0.1, 0.15) is 0 Å². The first-order valence-corrected chi connectivity index (χ1v) is 7.53. The number of nitrogens with zero attached hydrogens (tertiary/aromatic N) is 1. The minimum atomic E-state index is -0.0820. The Morgan fingerprint density at radius 1 is 1.52 bits per heavy atom. The van der Waals surface area contributed by atoms with Crippen molar-refractivity contribution >= 4 is 28.9 Å². The molecule has 1 aliphatic carbocycles. The Labute approximate surface area is 130 Å². The molecule has 0 atom stereocenters. The van der Waals surface area contributed by atoms with Gasteiger partial charge in [-0.3, -0.25) is 9.69 Å². The molecule has 3 N–H and O–H groups in total. The van der Waals surface area contributed by atoms with Crippen LogP contribution in [-0.4, -0.2) is 44.2 Å². The number of hydrogen-bond acceptors (Lipinski definition) is 4. The first-order valence-electron chi connectivity index (χ1n) is 7.16. The van der Waals surface area contributed by atoms with Gasteiger partial charge >= 0.3 is 0 Å². The van der Waals surface area contributed by atoms with Crippen molar-refractivity contribution in [2.24, 2.45) is 5.92 Å². The highest BCUT2D eigenvalue weighted by Crippen LogP contribution is 2.28. The Balaban J connectivity index is 1.66. The number of nitrogens with two attached hydrogens (primary N) is 1. The molecule has 1 aromatic carbocycles. The maximum Gasteiger partial charge on any atom is 0.238 e. The predicted octanol–water partition coefficient (Wildman–Crippen LogP) is 2.22. The molecule has 2 rings (SSSR count). The molecular formula is C15H22ClN3O2. The number of anilines is 2. The van der Waals surface area contributed by atoms with Crippen LogP contribution in [0.15, 0.2) is 18.2 Å². The minimum Gasteiger partial charge on any atom is -0.397 e. The van der Waals surface area contributed by atoms with Crippen molar-refractivity contribution in [1.82, 2.24) is 4.90 Å². The fourth-order valence-corrected chi connectivity index (χ4v) is 2.02. The van der Waals surface area contributed by atoms with Crippen LogP contribution in [0.3, 0.4) is 0 Å². The summed E-state index contributed by atoms with van der Waals surface area (Å²) >= 11 is 5.84. The Bertz CT molecular complexity index is 492. The van der Waals surface area contributed by atoms with Gasteiger partial charge in [0.15, 0.2) is 0 Å². The van der Waals surface area contributed by atoms with E-state index in [1.807, 2.05) is 11.9 Å². The number of benzene rings is 1. The van der Waals surface area contributed by atoms with Crippen molar-refractivity contribution in [3.63, 3.8) is 0 Å². The molecule has 0 unspecified atom stereocenters. The van der Waals surface area contributed by atoms with Crippen LogP contribution in [0.5, 0.6) is 0 Å². The van der Waals surface area contributed by atoms with Gasteiger partial charge in [0.25, 0.3) is 0 Å². The van der Waals surface area contributed by atoms with E-state index in [4.69, 9.17) is 22.1 Å². The molecule has 21 heavy (non-hydrogen) atoms. The van der Waals surface area contributed by atoms with Crippen LogP contribution in [0.2, 0.25) is 5.02 Å². The van der Waals surface area contributed by atoms with Crippen LogP contribution in [-0.2, 0) is 9.53 Å². The molecule has 1 amide bonds. The topological polar surface area (TPSA) is 67.6 Å². The van der Waals surface area contributed by atoms with Crippen molar-refractivity contribution in [1.29, 1.82) is 0 Å². The Morgan fingerprint density at radius 3 is 2.95 bits per heavy atom. The number of halogens is 1. The van der Waals surface area contributed by atoms with Gasteiger partial charge in [-0.05, 0) is 44.0 Å². The Hall–Kier alpha value is -1.30. The standard InChI is InChI=1S/C15H22ClN3O2/c1-19(6-7-21-10-11-2-3-11)9-15(20)18-12-4-5-13(16)14(17)8-12/h4-5,8,11H,2-3,6-7,9-10,17H2,1H3,(H,18,20). The van der Waals surface area contributed by atoms with Crippen LogP contribution < -0.4 is 11.1 Å². The zero-order valence-electron chi connectivity index (χ0n) is 12.3. The maximum atomic E-state index is 11.9. The van der Waals surface area contributed by atoms with Crippen molar-refractivity contribution in [2.75, 3.05) is 44.4 Å². The zero-order chi connectivity index (χ0) is 15.2. The second-order valence-corrected chi connectivity index (χ2v) is 5.95. The minimum absolute atomic E-state index is 0.0820. The van der Waals surface area contributed by atoms with Gasteiger partial charge in [0.05, 0.1) is 23.9 Å². The number of hydrogen-bond donors (Lipinski definition) is 2. The highest BCUT2D eigenvalue weighted by Gasteiger charge is 2.21. The third-order valence-electron chi connectivity index (χ3n) is 3.36. The number of nitrogen functional groups attached to an aromatic ring is 1. The van der Waals surface area contributed by atoms with E-state index in [0.717, 1.165) is 19.1 Å². The Kier molecular flexibility index (Phi) is 5.85. The van der Waals surface area contributed by atoms with Crippen molar-refractivity contribution in [3.05, 3.63) is 23.2 Å². The summed E-state index contributed by atoms with van der Waals surface area (Å²) in [5.41, 5.74) is 6.81. The molecule has 5 nitrogen and oxygen atoms in total. The second kappa shape index (κ2) is 7.64. The lowest BCUT2D eigenvalue weighted by atomic mass is 10.3. The SMILES string of the molecule is CN(CCOCC1CC1)CC(=O)Nc1ccc(Cl)c(N)c1. The molecular weight excluding hydrogens is 290 g/mol. The lowest BCUT2D eigenvalue weighted by Crippen LogP contribution is -2.32. The van der Waals surface area contributed by atoms with Crippen LogP contribution >= 0.6 is 11.6 Å². The van der Waals surface area contributed by atoms with Crippen molar-refractivity contribution in [2.45, 2.75) is 12.8 Å². The maximum absolute atomic E-state index is 11.9. The number of likely N-dealkylation sites (N-methyl/N-ethyl adjacent to an activating group) is 1. The normalized spacial score (nSPS) is 14.4. The largest absolute Gasteiger partial charge is 0.397 e. The van der Waals surface area contributed by atoms with Gasteiger partial charge in [0, 0.05) is 18.8 Å². The number of carbonyl (C=O) groups excluding carboxylic acids is 1. The highest BCUT2D eigenvalue weighted by atomic mass is 35.5. The molecule has 0 aromatic heterocycles. The fourth-order valence-electron chi connectivity index (χ4n) is 1.90. The van der Waals surface area contributed by atoms with Gasteiger partial charge in [-0.1, -0.05) is 11.6 Å². The molecule has 6 heteroatoms. The molecule has 116 valence electrons. The summed E-state index contributed by atoms with van der Waals surface area (Å²) in [4.78, 5) is 13.8. The van der Waals surface area contributed by atoms with E-state index in [2.05, 4.69) is 5.32 Å². The molecule has 0 radical (unpaired) electrons. The van der Waals surface area contributed by atoms with Gasteiger partial charge in [-0.2, -0.15) is 0 Å². The number of ether oxygens (including phenoxy) is 1. The lowest BCUT2D eigenvalue weighted by Gasteiger charge is -2.16. The van der Waals surface area contributed by atoms with Crippen LogP contribution in [0.25, 0.3) is 0 Å². The molecule has 0 bridgehead atoms. The highest BCUT2D eigenvalue weighted by molar-refractivity contribution is 6.33. The molecule has 1 saturated carbocycles. The molecule has 0 spiro atoms. The summed E-state index contributed by atoms with van der Waals surface area (Å²) in [6.45, 7) is 2.57. The molecule has 1 aliphatic rings. The van der Waals surface area contributed by atoms with E-state index in [1.54, 1.807) is 18.2 Å².